The Labute approximate surface area is 201 Å². The van der Waals surface area contributed by atoms with Crippen LogP contribution in [-0.2, 0) is 0 Å². The number of hydrogen-bond acceptors (Lipinski definition) is 7. The fourth-order valence-corrected chi connectivity index (χ4v) is 5.00. The van der Waals surface area contributed by atoms with Crippen LogP contribution in [0.1, 0.15) is 24.4 Å². The summed E-state index contributed by atoms with van der Waals surface area (Å²) in [4.78, 5) is 22.3. The summed E-state index contributed by atoms with van der Waals surface area (Å²) in [5.41, 5.74) is 1.18. The zero-order chi connectivity index (χ0) is 23.5. The second-order valence-corrected chi connectivity index (χ2v) is 8.78. The minimum atomic E-state index is -0.269. The van der Waals surface area contributed by atoms with Crippen LogP contribution in [0.5, 0.6) is 11.5 Å². The van der Waals surface area contributed by atoms with Gasteiger partial charge in [0.2, 0.25) is 0 Å². The minimum absolute atomic E-state index is 0.228. The van der Waals surface area contributed by atoms with Crippen LogP contribution >= 0.6 is 22.9 Å². The lowest BCUT2D eigenvalue weighted by Gasteiger charge is -2.24. The fraction of sp³-hybridized carbons (Fsp3) is 0.333. The van der Waals surface area contributed by atoms with Gasteiger partial charge in [0.15, 0.2) is 22.2 Å². The molecule has 2 heterocycles. The van der Waals surface area contributed by atoms with Gasteiger partial charge in [-0.25, -0.2) is 4.98 Å². The van der Waals surface area contributed by atoms with Gasteiger partial charge in [-0.15, -0.1) is 0 Å². The van der Waals surface area contributed by atoms with E-state index in [1.807, 2.05) is 12.1 Å². The third-order valence-electron chi connectivity index (χ3n) is 5.62. The third-order valence-corrected chi connectivity index (χ3v) is 7.15. The highest BCUT2D eigenvalue weighted by atomic mass is 35.5. The second-order valence-electron chi connectivity index (χ2n) is 7.40. The number of thiazole rings is 1. The molecule has 0 atom stereocenters. The second kappa shape index (κ2) is 9.99. The zero-order valence-corrected chi connectivity index (χ0v) is 20.6. The van der Waals surface area contributed by atoms with Gasteiger partial charge < -0.3 is 18.8 Å². The molecule has 2 aromatic heterocycles. The number of ether oxygens (including phenoxy) is 2. The number of para-hydroxylation sites is 1. The van der Waals surface area contributed by atoms with Crippen LogP contribution in [0.4, 0.5) is 5.13 Å². The van der Waals surface area contributed by atoms with Gasteiger partial charge in [0.05, 0.1) is 23.9 Å². The van der Waals surface area contributed by atoms with E-state index < -0.39 is 0 Å². The van der Waals surface area contributed by atoms with Crippen LogP contribution in [0.2, 0.25) is 5.02 Å². The highest BCUT2D eigenvalue weighted by Gasteiger charge is 2.26. The summed E-state index contributed by atoms with van der Waals surface area (Å²) in [5, 5.41) is 1.91. The van der Waals surface area contributed by atoms with Crippen LogP contribution < -0.4 is 14.4 Å². The van der Waals surface area contributed by atoms with E-state index in [2.05, 4.69) is 18.7 Å². The van der Waals surface area contributed by atoms with E-state index in [0.717, 1.165) is 23.2 Å². The number of aromatic nitrogens is 1. The molecular weight excluding hydrogens is 462 g/mol. The largest absolute Gasteiger partial charge is 0.494 e. The predicted molar refractivity (Wildman–Crippen MR) is 133 cm³/mol. The number of methoxy groups -OCH3 is 2. The molecule has 0 unspecified atom stereocenters. The SMILES string of the molecule is CCN(CC)CCN(C(=O)c1cc2cccc(OC)c2o1)c1nc2c(OC)ccc(Cl)c2s1. The summed E-state index contributed by atoms with van der Waals surface area (Å²) in [6, 6.07) is 10.9. The fourth-order valence-electron chi connectivity index (χ4n) is 3.72. The molecule has 0 N–H and O–H groups in total. The van der Waals surface area contributed by atoms with Gasteiger partial charge in [-0.05, 0) is 37.4 Å². The van der Waals surface area contributed by atoms with Crippen molar-refractivity contribution in [3.63, 3.8) is 0 Å². The van der Waals surface area contributed by atoms with Crippen LogP contribution in [0, 0.1) is 0 Å². The van der Waals surface area contributed by atoms with Crippen molar-refractivity contribution in [2.45, 2.75) is 13.8 Å². The molecule has 0 bridgehead atoms. The summed E-state index contributed by atoms with van der Waals surface area (Å²) in [6.07, 6.45) is 0. The molecule has 7 nitrogen and oxygen atoms in total. The van der Waals surface area contributed by atoms with E-state index in [0.29, 0.717) is 45.8 Å². The molecule has 0 saturated heterocycles. The molecule has 0 aliphatic rings. The maximum absolute atomic E-state index is 13.7. The summed E-state index contributed by atoms with van der Waals surface area (Å²) in [6.45, 7) is 7.13. The Bertz CT molecular complexity index is 1280. The first-order valence-electron chi connectivity index (χ1n) is 10.7. The predicted octanol–water partition coefficient (Wildman–Crippen LogP) is 5.70. The average Bonchev–Trinajstić information content (AvgIpc) is 3.47. The number of carbonyl (C=O) groups excluding carboxylic acids is 1. The third kappa shape index (κ3) is 4.51. The van der Waals surface area contributed by atoms with Crippen LogP contribution in [-0.4, -0.2) is 56.2 Å². The number of anilines is 1. The molecule has 1 amide bonds. The Hall–Kier alpha value is -2.81. The van der Waals surface area contributed by atoms with Gasteiger partial charge in [-0.1, -0.05) is 48.9 Å². The summed E-state index contributed by atoms with van der Waals surface area (Å²) >= 11 is 7.79. The molecular formula is C24H26ClN3O4S. The van der Waals surface area contributed by atoms with Crippen molar-refractivity contribution in [3.05, 3.63) is 47.2 Å². The van der Waals surface area contributed by atoms with Gasteiger partial charge in [0.1, 0.15) is 11.3 Å². The number of halogens is 1. The standard InChI is InChI=1S/C24H26ClN3O4S/c1-5-27(6-2)12-13-28(24-26-20-17(30-3)11-10-16(25)22(20)33-24)23(29)19-14-15-8-7-9-18(31-4)21(15)32-19/h7-11,14H,5-6,12-13H2,1-4H3. The normalized spacial score (nSPS) is 11.5. The van der Waals surface area contributed by atoms with E-state index in [9.17, 15) is 4.79 Å². The highest BCUT2D eigenvalue weighted by Crippen LogP contribution is 2.39. The van der Waals surface area contributed by atoms with Crippen molar-refractivity contribution in [1.29, 1.82) is 0 Å². The molecule has 0 radical (unpaired) electrons. The summed E-state index contributed by atoms with van der Waals surface area (Å²) in [7, 11) is 3.17. The van der Waals surface area contributed by atoms with Gasteiger partial charge in [0.25, 0.3) is 5.91 Å². The summed E-state index contributed by atoms with van der Waals surface area (Å²) in [5.74, 6) is 1.15. The van der Waals surface area contributed by atoms with Crippen molar-refractivity contribution in [1.82, 2.24) is 9.88 Å². The average molecular weight is 488 g/mol. The van der Waals surface area contributed by atoms with Crippen LogP contribution in [0.3, 0.4) is 0 Å². The Balaban J connectivity index is 1.77. The Morgan fingerprint density at radius 3 is 2.55 bits per heavy atom. The number of nitrogens with zero attached hydrogens (tertiary/aromatic N) is 3. The monoisotopic (exact) mass is 487 g/mol. The van der Waals surface area contributed by atoms with Crippen LogP contribution in [0.15, 0.2) is 40.8 Å². The first-order chi connectivity index (χ1) is 16.0. The zero-order valence-electron chi connectivity index (χ0n) is 19.1. The van der Waals surface area contributed by atoms with Gasteiger partial charge in [0, 0.05) is 18.5 Å². The molecule has 4 aromatic rings. The Morgan fingerprint density at radius 2 is 1.85 bits per heavy atom. The van der Waals surface area contributed by atoms with Crippen molar-refractivity contribution >= 4 is 55.2 Å². The molecule has 0 fully saturated rings. The van der Waals surface area contributed by atoms with Crippen LogP contribution in [0.25, 0.3) is 21.2 Å². The number of amides is 1. The number of hydrogen-bond donors (Lipinski definition) is 0. The number of furan rings is 1. The topological polar surface area (TPSA) is 68.0 Å². The van der Waals surface area contributed by atoms with Gasteiger partial charge in [-0.3, -0.25) is 9.69 Å². The molecule has 0 aliphatic heterocycles. The molecule has 33 heavy (non-hydrogen) atoms. The Kier molecular flexibility index (Phi) is 7.07. The van der Waals surface area contributed by atoms with Gasteiger partial charge in [-0.2, -0.15) is 0 Å². The number of likely N-dealkylation sites (N-methyl/N-ethyl adjacent to an activating group) is 1. The van der Waals surface area contributed by atoms with E-state index in [-0.39, 0.29) is 11.7 Å². The van der Waals surface area contributed by atoms with Crippen molar-refractivity contribution in [3.8, 4) is 11.5 Å². The number of fused-ring (bicyclic) bond motifs is 2. The maximum Gasteiger partial charge on any atom is 0.295 e. The summed E-state index contributed by atoms with van der Waals surface area (Å²) < 4.78 is 17.6. The van der Waals surface area contributed by atoms with Gasteiger partial charge >= 0.3 is 0 Å². The Morgan fingerprint density at radius 1 is 1.09 bits per heavy atom. The molecule has 9 heteroatoms. The molecule has 0 spiro atoms. The molecule has 4 rings (SSSR count). The lowest BCUT2D eigenvalue weighted by Crippen LogP contribution is -2.38. The first-order valence-corrected chi connectivity index (χ1v) is 11.9. The quantitative estimate of drug-likeness (QED) is 0.301. The van der Waals surface area contributed by atoms with Crippen molar-refractivity contribution in [2.24, 2.45) is 0 Å². The van der Waals surface area contributed by atoms with Crippen molar-refractivity contribution in [2.75, 3.05) is 45.3 Å². The number of carbonyl (C=O) groups is 1. The van der Waals surface area contributed by atoms with E-state index in [4.69, 9.17) is 30.5 Å². The molecule has 174 valence electrons. The molecule has 2 aromatic carbocycles. The minimum Gasteiger partial charge on any atom is -0.494 e. The highest BCUT2D eigenvalue weighted by molar-refractivity contribution is 7.23. The molecule has 0 aliphatic carbocycles. The van der Waals surface area contributed by atoms with E-state index >= 15 is 0 Å². The molecule has 0 saturated carbocycles. The first kappa shape index (κ1) is 23.4. The number of benzene rings is 2. The van der Waals surface area contributed by atoms with Crippen molar-refractivity contribution < 1.29 is 18.7 Å². The maximum atomic E-state index is 13.7. The van der Waals surface area contributed by atoms with E-state index in [1.165, 1.54) is 11.3 Å². The van der Waals surface area contributed by atoms with E-state index in [1.54, 1.807) is 43.4 Å². The lowest BCUT2D eigenvalue weighted by atomic mass is 10.2. The smallest absolute Gasteiger partial charge is 0.295 e. The lowest BCUT2D eigenvalue weighted by molar-refractivity contribution is 0.0959. The number of rotatable bonds is 9.